The second-order valence-electron chi connectivity index (χ2n) is 4.39. The summed E-state index contributed by atoms with van der Waals surface area (Å²) in [6.45, 7) is 3.93. The minimum absolute atomic E-state index is 0.0737. The third kappa shape index (κ3) is 4.22. The molecular formula is C14H20ClNO2. The number of methoxy groups -OCH3 is 1. The van der Waals surface area contributed by atoms with Gasteiger partial charge in [0.1, 0.15) is 5.75 Å². The smallest absolute Gasteiger partial charge is 0.251 e. The topological polar surface area (TPSA) is 38.3 Å². The van der Waals surface area contributed by atoms with Gasteiger partial charge in [-0.1, -0.05) is 6.07 Å². The first-order valence-electron chi connectivity index (χ1n) is 6.10. The van der Waals surface area contributed by atoms with Crippen LogP contribution < -0.4 is 10.1 Å². The lowest BCUT2D eigenvalue weighted by Gasteiger charge is -2.14. The van der Waals surface area contributed by atoms with Crippen molar-refractivity contribution in [3.05, 3.63) is 29.3 Å². The van der Waals surface area contributed by atoms with Gasteiger partial charge in [-0.05, 0) is 44.4 Å². The minimum Gasteiger partial charge on any atom is -0.496 e. The molecule has 1 rings (SSSR count). The number of aryl methyl sites for hydroxylation is 1. The zero-order valence-corrected chi connectivity index (χ0v) is 11.9. The van der Waals surface area contributed by atoms with Crippen LogP contribution in [0.4, 0.5) is 0 Å². The Morgan fingerprint density at radius 1 is 1.50 bits per heavy atom. The van der Waals surface area contributed by atoms with E-state index in [9.17, 15) is 4.79 Å². The summed E-state index contributed by atoms with van der Waals surface area (Å²) in [5.74, 6) is 1.28. The Morgan fingerprint density at radius 2 is 2.22 bits per heavy atom. The van der Waals surface area contributed by atoms with Crippen molar-refractivity contribution in [2.75, 3.05) is 13.0 Å². The second kappa shape index (κ2) is 7.27. The van der Waals surface area contributed by atoms with Gasteiger partial charge in [-0.25, -0.2) is 0 Å². The van der Waals surface area contributed by atoms with E-state index < -0.39 is 0 Å². The molecule has 0 aliphatic heterocycles. The van der Waals surface area contributed by atoms with E-state index in [-0.39, 0.29) is 11.9 Å². The van der Waals surface area contributed by atoms with Crippen LogP contribution in [0, 0.1) is 6.92 Å². The highest BCUT2D eigenvalue weighted by molar-refractivity contribution is 6.17. The van der Waals surface area contributed by atoms with Crippen molar-refractivity contribution < 1.29 is 9.53 Å². The summed E-state index contributed by atoms with van der Waals surface area (Å²) in [5.41, 5.74) is 1.64. The van der Waals surface area contributed by atoms with Crippen molar-refractivity contribution in [3.63, 3.8) is 0 Å². The van der Waals surface area contributed by atoms with Crippen LogP contribution in [-0.2, 0) is 0 Å². The maximum atomic E-state index is 12.0. The third-order valence-corrected chi connectivity index (χ3v) is 3.09. The summed E-state index contributed by atoms with van der Waals surface area (Å²) in [6.07, 6.45) is 1.79. The number of hydrogen-bond donors (Lipinski definition) is 1. The van der Waals surface area contributed by atoms with Crippen LogP contribution in [0.3, 0.4) is 0 Å². The summed E-state index contributed by atoms with van der Waals surface area (Å²) >= 11 is 5.63. The third-order valence-electron chi connectivity index (χ3n) is 2.82. The van der Waals surface area contributed by atoms with Crippen LogP contribution in [0.5, 0.6) is 5.75 Å². The van der Waals surface area contributed by atoms with Gasteiger partial charge in [-0.2, -0.15) is 0 Å². The molecule has 0 aliphatic carbocycles. The van der Waals surface area contributed by atoms with E-state index in [1.807, 2.05) is 19.9 Å². The molecule has 1 N–H and O–H groups in total. The number of carbonyl (C=O) groups excluding carboxylic acids is 1. The molecule has 3 nitrogen and oxygen atoms in total. The molecule has 0 aliphatic rings. The number of benzene rings is 1. The highest BCUT2D eigenvalue weighted by atomic mass is 35.5. The summed E-state index contributed by atoms with van der Waals surface area (Å²) in [7, 11) is 1.60. The zero-order valence-electron chi connectivity index (χ0n) is 11.1. The predicted molar refractivity (Wildman–Crippen MR) is 74.6 cm³/mol. The molecule has 0 radical (unpaired) electrons. The quantitative estimate of drug-likeness (QED) is 0.806. The van der Waals surface area contributed by atoms with Crippen molar-refractivity contribution in [1.29, 1.82) is 0 Å². The fraction of sp³-hybridized carbons (Fsp3) is 0.500. The van der Waals surface area contributed by atoms with Crippen LogP contribution in [0.15, 0.2) is 18.2 Å². The Bertz CT molecular complexity index is 407. The van der Waals surface area contributed by atoms with Crippen molar-refractivity contribution in [2.45, 2.75) is 32.7 Å². The highest BCUT2D eigenvalue weighted by Gasteiger charge is 2.11. The standard InChI is InChI=1S/C14H20ClNO2/c1-10-6-7-12(9-13(10)18-3)14(17)16-11(2)5-4-8-15/h6-7,9,11H,4-5,8H2,1-3H3,(H,16,17). The van der Waals surface area contributed by atoms with E-state index in [0.717, 1.165) is 24.2 Å². The molecule has 1 amide bonds. The van der Waals surface area contributed by atoms with Crippen molar-refractivity contribution in [2.24, 2.45) is 0 Å². The molecule has 0 fully saturated rings. The minimum atomic E-state index is -0.0737. The second-order valence-corrected chi connectivity index (χ2v) is 4.77. The Kier molecular flexibility index (Phi) is 5.99. The largest absolute Gasteiger partial charge is 0.496 e. The van der Waals surface area contributed by atoms with E-state index in [4.69, 9.17) is 16.3 Å². The Balaban J connectivity index is 2.66. The van der Waals surface area contributed by atoms with Gasteiger partial charge in [-0.3, -0.25) is 4.79 Å². The van der Waals surface area contributed by atoms with E-state index >= 15 is 0 Å². The summed E-state index contributed by atoms with van der Waals surface area (Å²) in [6, 6.07) is 5.58. The number of alkyl halides is 1. The fourth-order valence-corrected chi connectivity index (χ4v) is 1.88. The molecule has 0 saturated carbocycles. The molecule has 0 spiro atoms. The van der Waals surface area contributed by atoms with E-state index in [1.165, 1.54) is 0 Å². The van der Waals surface area contributed by atoms with Crippen LogP contribution in [0.1, 0.15) is 35.7 Å². The number of amides is 1. The number of rotatable bonds is 6. The van der Waals surface area contributed by atoms with Crippen LogP contribution in [0.25, 0.3) is 0 Å². The Morgan fingerprint density at radius 3 is 2.83 bits per heavy atom. The van der Waals surface area contributed by atoms with Gasteiger partial charge in [0.2, 0.25) is 0 Å². The molecule has 0 bridgehead atoms. The van der Waals surface area contributed by atoms with Crippen LogP contribution in [-0.4, -0.2) is 24.9 Å². The van der Waals surface area contributed by atoms with Gasteiger partial charge < -0.3 is 10.1 Å². The number of carbonyl (C=O) groups is 1. The first-order valence-corrected chi connectivity index (χ1v) is 6.63. The van der Waals surface area contributed by atoms with Crippen molar-refractivity contribution in [1.82, 2.24) is 5.32 Å². The van der Waals surface area contributed by atoms with E-state index in [0.29, 0.717) is 11.4 Å². The summed E-state index contributed by atoms with van der Waals surface area (Å²) < 4.78 is 5.21. The highest BCUT2D eigenvalue weighted by Crippen LogP contribution is 2.19. The first kappa shape index (κ1) is 14.8. The van der Waals surface area contributed by atoms with Gasteiger partial charge in [0.25, 0.3) is 5.91 Å². The molecule has 100 valence electrons. The van der Waals surface area contributed by atoms with Crippen LogP contribution in [0.2, 0.25) is 0 Å². The molecule has 1 atom stereocenters. The molecule has 0 saturated heterocycles. The summed E-state index contributed by atoms with van der Waals surface area (Å²) in [4.78, 5) is 12.0. The average molecular weight is 270 g/mol. The average Bonchev–Trinajstić information content (AvgIpc) is 2.36. The van der Waals surface area contributed by atoms with Gasteiger partial charge in [-0.15, -0.1) is 11.6 Å². The van der Waals surface area contributed by atoms with Gasteiger partial charge >= 0.3 is 0 Å². The monoisotopic (exact) mass is 269 g/mol. The van der Waals surface area contributed by atoms with Gasteiger partial charge in [0, 0.05) is 17.5 Å². The maximum Gasteiger partial charge on any atom is 0.251 e. The number of hydrogen-bond acceptors (Lipinski definition) is 2. The molecule has 0 aromatic heterocycles. The Labute approximate surface area is 113 Å². The number of ether oxygens (including phenoxy) is 1. The lowest BCUT2D eigenvalue weighted by Crippen LogP contribution is -2.32. The fourth-order valence-electron chi connectivity index (χ4n) is 1.72. The normalized spacial score (nSPS) is 12.0. The molecule has 18 heavy (non-hydrogen) atoms. The van der Waals surface area contributed by atoms with E-state index in [1.54, 1.807) is 19.2 Å². The number of halogens is 1. The molecule has 1 unspecified atom stereocenters. The first-order chi connectivity index (χ1) is 8.58. The zero-order chi connectivity index (χ0) is 13.5. The number of nitrogens with one attached hydrogen (secondary N) is 1. The SMILES string of the molecule is COc1cc(C(=O)NC(C)CCCCl)ccc1C. The molecule has 4 heteroatoms. The lowest BCUT2D eigenvalue weighted by molar-refractivity contribution is 0.0938. The maximum absolute atomic E-state index is 12.0. The lowest BCUT2D eigenvalue weighted by atomic mass is 10.1. The molecule has 0 heterocycles. The van der Waals surface area contributed by atoms with E-state index in [2.05, 4.69) is 5.32 Å². The molecule has 1 aromatic carbocycles. The Hall–Kier alpha value is -1.22. The van der Waals surface area contributed by atoms with Crippen LogP contribution >= 0.6 is 11.6 Å². The molecular weight excluding hydrogens is 250 g/mol. The summed E-state index contributed by atoms with van der Waals surface area (Å²) in [5, 5.41) is 2.95. The molecule has 1 aromatic rings. The van der Waals surface area contributed by atoms with Gasteiger partial charge in [0.05, 0.1) is 7.11 Å². The predicted octanol–water partition coefficient (Wildman–Crippen LogP) is 3.14. The van der Waals surface area contributed by atoms with Crippen molar-refractivity contribution in [3.8, 4) is 5.75 Å². The van der Waals surface area contributed by atoms with Gasteiger partial charge in [0.15, 0.2) is 0 Å². The van der Waals surface area contributed by atoms with Crippen molar-refractivity contribution >= 4 is 17.5 Å².